The maximum atomic E-state index is 13.8. The van der Waals surface area contributed by atoms with E-state index in [1.54, 1.807) is 36.2 Å². The zero-order chi connectivity index (χ0) is 21.9. The Morgan fingerprint density at radius 2 is 1.87 bits per heavy atom. The molecule has 0 saturated carbocycles. The first-order valence-electron chi connectivity index (χ1n) is 9.73. The van der Waals surface area contributed by atoms with Gasteiger partial charge >= 0.3 is 0 Å². The van der Waals surface area contributed by atoms with Gasteiger partial charge in [0.25, 0.3) is 5.91 Å². The molecular formula is C22H17F3N4O2. The average Bonchev–Trinajstić information content (AvgIpc) is 3.32. The number of benzene rings is 2. The highest BCUT2D eigenvalue weighted by Gasteiger charge is 2.35. The molecule has 2 aromatic heterocycles. The van der Waals surface area contributed by atoms with Crippen LogP contribution in [0.1, 0.15) is 34.7 Å². The Bertz CT molecular complexity index is 1320. The second-order valence-corrected chi connectivity index (χ2v) is 7.54. The van der Waals surface area contributed by atoms with Crippen molar-refractivity contribution >= 4 is 16.9 Å². The Labute approximate surface area is 174 Å². The van der Waals surface area contributed by atoms with Crippen molar-refractivity contribution in [3.63, 3.8) is 0 Å². The van der Waals surface area contributed by atoms with Crippen LogP contribution in [0, 0.1) is 17.5 Å². The minimum atomic E-state index is -1.51. The monoisotopic (exact) mass is 426 g/mol. The van der Waals surface area contributed by atoms with E-state index < -0.39 is 23.5 Å². The normalized spacial score (nSPS) is 16.0. The quantitative estimate of drug-likeness (QED) is 0.446. The Hall–Kier alpha value is -3.62. The lowest BCUT2D eigenvalue weighted by Crippen LogP contribution is -2.39. The van der Waals surface area contributed by atoms with Gasteiger partial charge in [0.2, 0.25) is 0 Å². The van der Waals surface area contributed by atoms with Crippen molar-refractivity contribution in [2.24, 2.45) is 7.05 Å². The number of hydrogen-bond acceptors (Lipinski definition) is 4. The number of nitrogens with zero attached hydrogens (tertiary/aromatic N) is 4. The zero-order valence-corrected chi connectivity index (χ0v) is 16.7. The number of fused-ring (bicyclic) bond motifs is 2. The first-order chi connectivity index (χ1) is 14.9. The fraction of sp³-hybridized carbons (Fsp3) is 0.227. The van der Waals surface area contributed by atoms with E-state index >= 15 is 0 Å². The van der Waals surface area contributed by atoms with E-state index in [1.165, 1.54) is 4.68 Å². The number of carbonyl (C=O) groups excluding carboxylic acids is 1. The van der Waals surface area contributed by atoms with Gasteiger partial charge in [-0.3, -0.25) is 9.48 Å². The van der Waals surface area contributed by atoms with Gasteiger partial charge in [0, 0.05) is 24.7 Å². The van der Waals surface area contributed by atoms with E-state index in [2.05, 4.69) is 10.3 Å². The lowest BCUT2D eigenvalue weighted by atomic mass is 9.95. The lowest BCUT2D eigenvalue weighted by molar-refractivity contribution is 0.0665. The largest absolute Gasteiger partial charge is 0.355 e. The van der Waals surface area contributed by atoms with Gasteiger partial charge in [0.15, 0.2) is 28.7 Å². The molecule has 0 radical (unpaired) electrons. The third-order valence-electron chi connectivity index (χ3n) is 5.74. The third kappa shape index (κ3) is 2.91. The molecule has 1 aliphatic heterocycles. The average molecular weight is 426 g/mol. The Morgan fingerprint density at radius 1 is 1.16 bits per heavy atom. The molecule has 158 valence electrons. The number of amides is 1. The first kappa shape index (κ1) is 19.3. The van der Waals surface area contributed by atoms with E-state index in [9.17, 15) is 18.0 Å². The van der Waals surface area contributed by atoms with Crippen molar-refractivity contribution in [2.45, 2.75) is 19.4 Å². The predicted molar refractivity (Wildman–Crippen MR) is 106 cm³/mol. The smallest absolute Gasteiger partial charge is 0.277 e. The zero-order valence-electron chi connectivity index (χ0n) is 16.7. The van der Waals surface area contributed by atoms with Gasteiger partial charge in [0.1, 0.15) is 0 Å². The molecule has 3 heterocycles. The minimum Gasteiger partial charge on any atom is -0.355 e. The molecule has 1 amide bonds. The van der Waals surface area contributed by atoms with E-state index in [4.69, 9.17) is 4.52 Å². The van der Waals surface area contributed by atoms with Gasteiger partial charge < -0.3 is 9.42 Å². The molecule has 0 saturated heterocycles. The van der Waals surface area contributed by atoms with E-state index in [0.717, 1.165) is 17.7 Å². The molecule has 0 spiro atoms. The maximum Gasteiger partial charge on any atom is 0.277 e. The fourth-order valence-corrected chi connectivity index (χ4v) is 4.25. The summed E-state index contributed by atoms with van der Waals surface area (Å²) in [4.78, 5) is 14.9. The topological polar surface area (TPSA) is 64.2 Å². The summed E-state index contributed by atoms with van der Waals surface area (Å²) in [5.74, 6) is -4.31. The lowest BCUT2D eigenvalue weighted by Gasteiger charge is -2.32. The third-order valence-corrected chi connectivity index (χ3v) is 5.74. The molecule has 1 unspecified atom stereocenters. The van der Waals surface area contributed by atoms with E-state index in [-0.39, 0.29) is 17.2 Å². The van der Waals surface area contributed by atoms with Crippen LogP contribution >= 0.6 is 0 Å². The van der Waals surface area contributed by atoms with Crippen LogP contribution in [0.25, 0.3) is 22.2 Å². The van der Waals surface area contributed by atoms with Crippen LogP contribution in [0.15, 0.2) is 40.9 Å². The Balaban J connectivity index is 1.53. The highest BCUT2D eigenvalue weighted by atomic mass is 19.2. The van der Waals surface area contributed by atoms with Crippen molar-refractivity contribution < 1.29 is 22.5 Å². The van der Waals surface area contributed by atoms with Gasteiger partial charge in [-0.05, 0) is 37.6 Å². The van der Waals surface area contributed by atoms with Gasteiger partial charge in [-0.1, -0.05) is 17.3 Å². The molecule has 2 aromatic carbocycles. The van der Waals surface area contributed by atoms with Crippen molar-refractivity contribution in [1.29, 1.82) is 0 Å². The van der Waals surface area contributed by atoms with Crippen LogP contribution in [-0.2, 0) is 13.5 Å². The molecule has 0 aliphatic carbocycles. The first-order valence-corrected chi connectivity index (χ1v) is 9.73. The van der Waals surface area contributed by atoms with Crippen molar-refractivity contribution in [3.05, 3.63) is 70.8 Å². The highest BCUT2D eigenvalue weighted by Crippen LogP contribution is 2.37. The molecule has 5 rings (SSSR count). The van der Waals surface area contributed by atoms with Crippen molar-refractivity contribution in [3.8, 4) is 11.3 Å². The van der Waals surface area contributed by atoms with Gasteiger partial charge in [-0.25, -0.2) is 13.2 Å². The Kier molecular flexibility index (Phi) is 4.35. The highest BCUT2D eigenvalue weighted by molar-refractivity contribution is 6.04. The van der Waals surface area contributed by atoms with E-state index in [1.807, 2.05) is 6.92 Å². The fourth-order valence-electron chi connectivity index (χ4n) is 4.25. The molecule has 6 nitrogen and oxygen atoms in total. The summed E-state index contributed by atoms with van der Waals surface area (Å²) in [5.41, 5.74) is 2.84. The SMILES string of the molecule is CC1c2nn(C)c(-c3cc(F)c(F)c(F)c3)c2CCN1C(=O)c1noc2ccccc12. The number of carbonyl (C=O) groups is 1. The molecule has 0 bridgehead atoms. The van der Waals surface area contributed by atoms with Crippen LogP contribution in [-0.4, -0.2) is 32.3 Å². The summed E-state index contributed by atoms with van der Waals surface area (Å²) in [5, 5.41) is 9.08. The number of para-hydroxylation sites is 1. The summed E-state index contributed by atoms with van der Waals surface area (Å²) in [6.07, 6.45) is 0.422. The number of hydrogen-bond donors (Lipinski definition) is 0. The summed E-state index contributed by atoms with van der Waals surface area (Å²) in [7, 11) is 1.65. The Morgan fingerprint density at radius 3 is 2.61 bits per heavy atom. The number of aryl methyl sites for hydroxylation is 1. The maximum absolute atomic E-state index is 13.8. The minimum absolute atomic E-state index is 0.196. The number of halogens is 3. The summed E-state index contributed by atoms with van der Waals surface area (Å²) in [6.45, 7) is 2.19. The predicted octanol–water partition coefficient (Wildman–Crippen LogP) is 4.41. The van der Waals surface area contributed by atoms with Crippen molar-refractivity contribution in [2.75, 3.05) is 6.54 Å². The van der Waals surface area contributed by atoms with Crippen LogP contribution < -0.4 is 0 Å². The molecule has 1 aliphatic rings. The van der Waals surface area contributed by atoms with E-state index in [0.29, 0.717) is 35.3 Å². The summed E-state index contributed by atoms with van der Waals surface area (Å²) < 4.78 is 47.8. The molecular weight excluding hydrogens is 409 g/mol. The molecule has 0 N–H and O–H groups in total. The van der Waals surface area contributed by atoms with Gasteiger partial charge in [-0.2, -0.15) is 5.10 Å². The van der Waals surface area contributed by atoms with Crippen LogP contribution in [0.2, 0.25) is 0 Å². The van der Waals surface area contributed by atoms with Crippen LogP contribution in [0.5, 0.6) is 0 Å². The molecule has 1 atom stereocenters. The summed E-state index contributed by atoms with van der Waals surface area (Å²) >= 11 is 0. The molecule has 31 heavy (non-hydrogen) atoms. The molecule has 0 fully saturated rings. The van der Waals surface area contributed by atoms with Crippen molar-refractivity contribution in [1.82, 2.24) is 19.8 Å². The molecule has 4 aromatic rings. The second kappa shape index (κ2) is 6.97. The summed E-state index contributed by atoms with van der Waals surface area (Å²) in [6, 6.07) is 8.63. The van der Waals surface area contributed by atoms with Gasteiger partial charge in [0.05, 0.1) is 22.8 Å². The number of rotatable bonds is 2. The van der Waals surface area contributed by atoms with Gasteiger partial charge in [-0.15, -0.1) is 0 Å². The van der Waals surface area contributed by atoms with Crippen LogP contribution in [0.4, 0.5) is 13.2 Å². The number of aromatic nitrogens is 3. The standard InChI is InChI=1S/C22H17F3N4O2/c1-11-19-14(21(28(2)26-19)12-9-15(23)18(25)16(24)10-12)7-8-29(11)22(30)20-13-5-3-4-6-17(13)31-27-20/h3-6,9-11H,7-8H2,1-2H3. The van der Waals surface area contributed by atoms with Crippen LogP contribution in [0.3, 0.4) is 0 Å². The second-order valence-electron chi connectivity index (χ2n) is 7.54. The molecule has 9 heteroatoms.